The van der Waals surface area contributed by atoms with E-state index in [1.807, 2.05) is 6.92 Å². The molecular formula is C17H25FN2O5S. The third-order valence-corrected chi connectivity index (χ3v) is 5.74. The summed E-state index contributed by atoms with van der Waals surface area (Å²) in [5.41, 5.74) is -0.140. The van der Waals surface area contributed by atoms with Crippen molar-refractivity contribution in [3.05, 3.63) is 29.6 Å². The molecule has 1 aromatic carbocycles. The third-order valence-electron chi connectivity index (χ3n) is 3.68. The maximum Gasteiger partial charge on any atom is 0.338 e. The van der Waals surface area contributed by atoms with Crippen LogP contribution in [0.2, 0.25) is 0 Å². The maximum absolute atomic E-state index is 14.0. The average molecular weight is 388 g/mol. The fourth-order valence-corrected chi connectivity index (χ4v) is 3.75. The Labute approximate surface area is 153 Å². The Morgan fingerprint density at radius 1 is 1.19 bits per heavy atom. The van der Waals surface area contributed by atoms with E-state index in [9.17, 15) is 22.4 Å². The number of halogens is 1. The van der Waals surface area contributed by atoms with Gasteiger partial charge in [-0.15, -0.1) is 0 Å². The molecular weight excluding hydrogens is 363 g/mol. The first-order valence-electron chi connectivity index (χ1n) is 8.51. The fourth-order valence-electron chi connectivity index (χ4n) is 2.20. The van der Waals surface area contributed by atoms with Gasteiger partial charge in [0.2, 0.25) is 10.0 Å². The smallest absolute Gasteiger partial charge is 0.338 e. The predicted molar refractivity (Wildman–Crippen MR) is 94.7 cm³/mol. The van der Waals surface area contributed by atoms with Gasteiger partial charge < -0.3 is 10.1 Å². The summed E-state index contributed by atoms with van der Waals surface area (Å²) in [6, 6.07) is 2.95. The molecule has 146 valence electrons. The lowest BCUT2D eigenvalue weighted by atomic mass is 10.2. The van der Waals surface area contributed by atoms with E-state index in [1.54, 1.807) is 13.8 Å². The fraction of sp³-hybridized carbons (Fsp3) is 0.529. The molecule has 0 radical (unpaired) electrons. The zero-order chi connectivity index (χ0) is 19.7. The standard InChI is InChI=1S/C17H25FN2O5S/c1-4-7-10-19-16(21)12-25-17(22)13-8-9-14(18)15(11-13)26(23,24)20(5-2)6-3/h8-9,11H,4-7,10,12H2,1-3H3,(H,19,21). The van der Waals surface area contributed by atoms with Crippen LogP contribution < -0.4 is 5.32 Å². The quantitative estimate of drug-likeness (QED) is 0.488. The number of carbonyl (C=O) groups is 2. The molecule has 7 nitrogen and oxygen atoms in total. The summed E-state index contributed by atoms with van der Waals surface area (Å²) >= 11 is 0. The molecule has 1 amide bonds. The van der Waals surface area contributed by atoms with Gasteiger partial charge in [0, 0.05) is 19.6 Å². The summed E-state index contributed by atoms with van der Waals surface area (Å²) in [5, 5.41) is 2.59. The molecule has 9 heteroatoms. The summed E-state index contributed by atoms with van der Waals surface area (Å²) in [7, 11) is -4.06. The number of hydrogen-bond acceptors (Lipinski definition) is 5. The van der Waals surface area contributed by atoms with Crippen LogP contribution >= 0.6 is 0 Å². The number of hydrogen-bond donors (Lipinski definition) is 1. The number of sulfonamides is 1. The van der Waals surface area contributed by atoms with Crippen molar-refractivity contribution in [1.82, 2.24) is 9.62 Å². The lowest BCUT2D eigenvalue weighted by Crippen LogP contribution is -2.31. The Bertz CT molecular complexity index is 733. The van der Waals surface area contributed by atoms with Crippen LogP contribution in [0.15, 0.2) is 23.1 Å². The summed E-state index contributed by atoms with van der Waals surface area (Å²) in [5.74, 6) is -2.30. The highest BCUT2D eigenvalue weighted by molar-refractivity contribution is 7.89. The summed E-state index contributed by atoms with van der Waals surface area (Å²) in [4.78, 5) is 23.0. The summed E-state index contributed by atoms with van der Waals surface area (Å²) in [6.45, 7) is 5.58. The Morgan fingerprint density at radius 3 is 2.42 bits per heavy atom. The number of ether oxygens (including phenoxy) is 1. The van der Waals surface area contributed by atoms with E-state index >= 15 is 0 Å². The van der Waals surface area contributed by atoms with Gasteiger partial charge in [0.05, 0.1) is 5.56 Å². The monoisotopic (exact) mass is 388 g/mol. The zero-order valence-electron chi connectivity index (χ0n) is 15.2. The molecule has 0 aliphatic heterocycles. The van der Waals surface area contributed by atoms with Crippen LogP contribution in [0.5, 0.6) is 0 Å². The van der Waals surface area contributed by atoms with Gasteiger partial charge in [-0.1, -0.05) is 27.2 Å². The normalized spacial score (nSPS) is 11.4. The van der Waals surface area contributed by atoms with Crippen LogP contribution in [-0.4, -0.2) is 50.8 Å². The molecule has 0 aliphatic carbocycles. The number of nitrogens with one attached hydrogen (secondary N) is 1. The molecule has 0 unspecified atom stereocenters. The molecule has 0 atom stereocenters. The van der Waals surface area contributed by atoms with Crippen LogP contribution in [0.25, 0.3) is 0 Å². The van der Waals surface area contributed by atoms with E-state index in [1.165, 1.54) is 0 Å². The zero-order valence-corrected chi connectivity index (χ0v) is 16.1. The minimum atomic E-state index is -4.06. The van der Waals surface area contributed by atoms with Crippen LogP contribution in [-0.2, 0) is 19.6 Å². The second-order valence-electron chi connectivity index (χ2n) is 5.51. The Kier molecular flexibility index (Phi) is 8.67. The predicted octanol–water partition coefficient (Wildman–Crippen LogP) is 1.93. The Balaban J connectivity index is 2.89. The molecule has 0 fully saturated rings. The number of benzene rings is 1. The van der Waals surface area contributed by atoms with Gasteiger partial charge in [-0.25, -0.2) is 17.6 Å². The van der Waals surface area contributed by atoms with Crippen molar-refractivity contribution in [3.8, 4) is 0 Å². The van der Waals surface area contributed by atoms with Crippen LogP contribution in [0.3, 0.4) is 0 Å². The highest BCUT2D eigenvalue weighted by Gasteiger charge is 2.26. The molecule has 0 saturated carbocycles. The molecule has 0 saturated heterocycles. The molecule has 26 heavy (non-hydrogen) atoms. The van der Waals surface area contributed by atoms with Crippen molar-refractivity contribution in [3.63, 3.8) is 0 Å². The molecule has 0 heterocycles. The van der Waals surface area contributed by atoms with Crippen LogP contribution in [0.4, 0.5) is 4.39 Å². The van der Waals surface area contributed by atoms with Gasteiger partial charge in [0.1, 0.15) is 10.7 Å². The van der Waals surface area contributed by atoms with E-state index in [0.29, 0.717) is 6.54 Å². The van der Waals surface area contributed by atoms with E-state index in [2.05, 4.69) is 5.32 Å². The second kappa shape index (κ2) is 10.2. The minimum Gasteiger partial charge on any atom is -0.452 e. The van der Waals surface area contributed by atoms with Gasteiger partial charge in [-0.3, -0.25) is 4.79 Å². The van der Waals surface area contributed by atoms with Crippen LogP contribution in [0, 0.1) is 5.82 Å². The van der Waals surface area contributed by atoms with Crippen molar-refractivity contribution in [2.45, 2.75) is 38.5 Å². The molecule has 1 rings (SSSR count). The highest BCUT2D eigenvalue weighted by Crippen LogP contribution is 2.21. The molecule has 0 aliphatic rings. The van der Waals surface area contributed by atoms with Crippen molar-refractivity contribution in [2.75, 3.05) is 26.2 Å². The summed E-state index contributed by atoms with van der Waals surface area (Å²) < 4.78 is 44.9. The van der Waals surface area contributed by atoms with Crippen molar-refractivity contribution in [1.29, 1.82) is 0 Å². The lowest BCUT2D eigenvalue weighted by molar-refractivity contribution is -0.124. The van der Waals surface area contributed by atoms with Gasteiger partial charge >= 0.3 is 5.97 Å². The first kappa shape index (κ1) is 22.0. The summed E-state index contributed by atoms with van der Waals surface area (Å²) in [6.07, 6.45) is 1.73. The van der Waals surface area contributed by atoms with Crippen LogP contribution in [0.1, 0.15) is 44.0 Å². The first-order chi connectivity index (χ1) is 12.3. The maximum atomic E-state index is 14.0. The van der Waals surface area contributed by atoms with Crippen molar-refractivity contribution >= 4 is 21.9 Å². The topological polar surface area (TPSA) is 92.8 Å². The van der Waals surface area contributed by atoms with E-state index in [-0.39, 0.29) is 18.7 Å². The van der Waals surface area contributed by atoms with E-state index in [0.717, 1.165) is 35.3 Å². The average Bonchev–Trinajstić information content (AvgIpc) is 2.61. The van der Waals surface area contributed by atoms with E-state index < -0.39 is 39.2 Å². The van der Waals surface area contributed by atoms with Crippen molar-refractivity contribution < 1.29 is 27.1 Å². The number of nitrogens with zero attached hydrogens (tertiary/aromatic N) is 1. The van der Waals surface area contributed by atoms with Gasteiger partial charge in [-0.05, 0) is 24.6 Å². The van der Waals surface area contributed by atoms with Crippen molar-refractivity contribution in [2.24, 2.45) is 0 Å². The second-order valence-corrected chi connectivity index (χ2v) is 7.42. The van der Waals surface area contributed by atoms with Gasteiger partial charge in [0.15, 0.2) is 6.61 Å². The molecule has 1 N–H and O–H groups in total. The number of amides is 1. The number of unbranched alkanes of at least 4 members (excludes halogenated alkanes) is 1. The molecule has 0 bridgehead atoms. The molecule has 0 spiro atoms. The Hall–Kier alpha value is -2.00. The largest absolute Gasteiger partial charge is 0.452 e. The molecule has 1 aromatic rings. The first-order valence-corrected chi connectivity index (χ1v) is 9.95. The number of rotatable bonds is 10. The van der Waals surface area contributed by atoms with Gasteiger partial charge in [0.25, 0.3) is 5.91 Å². The Morgan fingerprint density at radius 2 is 1.85 bits per heavy atom. The van der Waals surface area contributed by atoms with E-state index in [4.69, 9.17) is 4.74 Å². The third kappa shape index (κ3) is 5.77. The van der Waals surface area contributed by atoms with Gasteiger partial charge in [-0.2, -0.15) is 4.31 Å². The number of esters is 1. The lowest BCUT2D eigenvalue weighted by Gasteiger charge is -2.19. The number of carbonyl (C=O) groups excluding carboxylic acids is 2. The minimum absolute atomic E-state index is 0.140. The molecule has 0 aromatic heterocycles. The highest BCUT2D eigenvalue weighted by atomic mass is 32.2. The SMILES string of the molecule is CCCCNC(=O)COC(=O)c1ccc(F)c(S(=O)(=O)N(CC)CC)c1.